The second-order valence-corrected chi connectivity index (χ2v) is 6.27. The quantitative estimate of drug-likeness (QED) is 0.849. The molecule has 0 aliphatic carbocycles. The van der Waals surface area contributed by atoms with Crippen molar-refractivity contribution >= 4 is 47.7 Å². The number of thiazole rings is 1. The Balaban J connectivity index is 0.00000132. The molecule has 126 valence electrons. The molecule has 0 saturated carbocycles. The maximum Gasteiger partial charge on any atom is 0.252 e. The van der Waals surface area contributed by atoms with Gasteiger partial charge in [-0.1, -0.05) is 6.07 Å². The monoisotopic (exact) mass is 373 g/mol. The molecular weight excluding hydrogens is 353 g/mol. The number of anilines is 1. The number of nitrogens with zero attached hydrogens (tertiary/aromatic N) is 1. The van der Waals surface area contributed by atoms with Crippen molar-refractivity contribution in [3.8, 4) is 0 Å². The Morgan fingerprint density at radius 1 is 1.39 bits per heavy atom. The number of aromatic nitrogens is 1. The van der Waals surface area contributed by atoms with Crippen molar-refractivity contribution in [3.63, 3.8) is 0 Å². The molecule has 0 saturated heterocycles. The van der Waals surface area contributed by atoms with Crippen LogP contribution in [0.2, 0.25) is 0 Å². The Bertz CT molecular complexity index is 675. The van der Waals surface area contributed by atoms with E-state index in [1.54, 1.807) is 11.3 Å². The van der Waals surface area contributed by atoms with Crippen LogP contribution in [0.4, 0.5) is 5.69 Å². The number of fused-ring (bicyclic) bond motifs is 1. The number of benzene rings is 1. The summed E-state index contributed by atoms with van der Waals surface area (Å²) in [6.45, 7) is 4.92. The Labute approximate surface area is 152 Å². The van der Waals surface area contributed by atoms with Crippen molar-refractivity contribution in [2.75, 3.05) is 11.9 Å². The van der Waals surface area contributed by atoms with Gasteiger partial charge in [-0.3, -0.25) is 4.79 Å². The van der Waals surface area contributed by atoms with Gasteiger partial charge in [-0.15, -0.1) is 36.2 Å². The van der Waals surface area contributed by atoms with Crippen molar-refractivity contribution in [3.05, 3.63) is 45.4 Å². The van der Waals surface area contributed by atoms with E-state index in [1.807, 2.05) is 37.4 Å². The topological polar surface area (TPSA) is 54.0 Å². The SMILES string of the molecule is Cc1csc(C(C)NC(=O)c2cccc3c2CCCN3)n1.Cl.Cl. The van der Waals surface area contributed by atoms with E-state index in [1.165, 1.54) is 0 Å². The molecule has 0 bridgehead atoms. The molecule has 0 radical (unpaired) electrons. The fourth-order valence-corrected chi connectivity index (χ4v) is 3.43. The molecule has 2 aromatic rings. The standard InChI is InChI=1S/C16H19N3OS.2ClH/c1-10-9-21-16(18-10)11(2)19-15(20)13-5-3-7-14-12(13)6-4-8-17-14;;/h3,5,7,9,11,17H,4,6,8H2,1-2H3,(H,19,20);2*1H. The van der Waals surface area contributed by atoms with Crippen molar-refractivity contribution in [1.82, 2.24) is 10.3 Å². The Morgan fingerprint density at radius 2 is 2.17 bits per heavy atom. The lowest BCUT2D eigenvalue weighted by atomic mass is 9.97. The average Bonchev–Trinajstić information content (AvgIpc) is 2.93. The van der Waals surface area contributed by atoms with Crippen molar-refractivity contribution in [2.45, 2.75) is 32.7 Å². The first-order valence-electron chi connectivity index (χ1n) is 7.24. The average molecular weight is 374 g/mol. The second-order valence-electron chi connectivity index (χ2n) is 5.38. The van der Waals surface area contributed by atoms with Crippen LogP contribution in [-0.4, -0.2) is 17.4 Å². The molecule has 1 aliphatic rings. The number of aryl methyl sites for hydroxylation is 1. The summed E-state index contributed by atoms with van der Waals surface area (Å²) in [7, 11) is 0. The first-order valence-corrected chi connectivity index (χ1v) is 8.12. The summed E-state index contributed by atoms with van der Waals surface area (Å²) in [4.78, 5) is 17.0. The maximum absolute atomic E-state index is 12.5. The van der Waals surface area contributed by atoms with Gasteiger partial charge in [0.15, 0.2) is 0 Å². The van der Waals surface area contributed by atoms with Crippen LogP contribution >= 0.6 is 36.2 Å². The van der Waals surface area contributed by atoms with E-state index in [4.69, 9.17) is 0 Å². The van der Waals surface area contributed by atoms with Gasteiger partial charge in [0.2, 0.25) is 0 Å². The van der Waals surface area contributed by atoms with Gasteiger partial charge in [0, 0.05) is 28.9 Å². The van der Waals surface area contributed by atoms with Crippen LogP contribution in [0, 0.1) is 6.92 Å². The van der Waals surface area contributed by atoms with E-state index < -0.39 is 0 Å². The lowest BCUT2D eigenvalue weighted by Gasteiger charge is -2.21. The van der Waals surface area contributed by atoms with Crippen LogP contribution in [0.1, 0.15) is 46.0 Å². The van der Waals surface area contributed by atoms with Crippen molar-refractivity contribution in [1.29, 1.82) is 0 Å². The third-order valence-electron chi connectivity index (χ3n) is 3.69. The molecule has 23 heavy (non-hydrogen) atoms. The fourth-order valence-electron chi connectivity index (χ4n) is 2.63. The second kappa shape index (κ2) is 8.52. The highest BCUT2D eigenvalue weighted by molar-refractivity contribution is 7.09. The third kappa shape index (κ3) is 4.37. The lowest BCUT2D eigenvalue weighted by molar-refractivity contribution is 0.0939. The third-order valence-corrected chi connectivity index (χ3v) is 4.84. The summed E-state index contributed by atoms with van der Waals surface area (Å²) < 4.78 is 0. The molecule has 1 aromatic heterocycles. The van der Waals surface area contributed by atoms with Crippen LogP contribution in [0.5, 0.6) is 0 Å². The molecule has 3 rings (SSSR count). The van der Waals surface area contributed by atoms with Crippen LogP contribution < -0.4 is 10.6 Å². The highest BCUT2D eigenvalue weighted by Crippen LogP contribution is 2.26. The number of amides is 1. The van der Waals surface area contributed by atoms with Gasteiger partial charge >= 0.3 is 0 Å². The Morgan fingerprint density at radius 3 is 2.87 bits per heavy atom. The molecule has 1 amide bonds. The van der Waals surface area contributed by atoms with Crippen molar-refractivity contribution < 1.29 is 4.79 Å². The minimum atomic E-state index is -0.0661. The molecule has 7 heteroatoms. The number of halogens is 2. The molecule has 1 unspecified atom stereocenters. The van der Waals surface area contributed by atoms with Gasteiger partial charge in [-0.05, 0) is 44.4 Å². The van der Waals surface area contributed by atoms with E-state index in [0.29, 0.717) is 0 Å². The molecule has 4 nitrogen and oxygen atoms in total. The molecule has 2 heterocycles. The number of rotatable bonds is 3. The highest BCUT2D eigenvalue weighted by atomic mass is 35.5. The summed E-state index contributed by atoms with van der Waals surface area (Å²) >= 11 is 1.59. The predicted octanol–water partition coefficient (Wildman–Crippen LogP) is 4.14. The van der Waals surface area contributed by atoms with Gasteiger partial charge < -0.3 is 10.6 Å². The molecule has 2 N–H and O–H groups in total. The fraction of sp³-hybridized carbons (Fsp3) is 0.375. The zero-order valence-electron chi connectivity index (χ0n) is 13.1. The van der Waals surface area contributed by atoms with Gasteiger partial charge in [0.05, 0.1) is 6.04 Å². The summed E-state index contributed by atoms with van der Waals surface area (Å²) in [6.07, 6.45) is 2.02. The Kier molecular flexibility index (Phi) is 7.32. The molecule has 1 aliphatic heterocycles. The zero-order chi connectivity index (χ0) is 14.8. The molecule has 0 fully saturated rings. The van der Waals surface area contributed by atoms with E-state index in [0.717, 1.165) is 46.9 Å². The van der Waals surface area contributed by atoms with Crippen molar-refractivity contribution in [2.24, 2.45) is 0 Å². The maximum atomic E-state index is 12.5. The number of carbonyl (C=O) groups is 1. The summed E-state index contributed by atoms with van der Waals surface area (Å²) in [5, 5.41) is 9.37. The Hall–Kier alpha value is -1.30. The van der Waals surface area contributed by atoms with Crippen LogP contribution in [0.25, 0.3) is 0 Å². The molecule has 0 spiro atoms. The summed E-state index contributed by atoms with van der Waals surface area (Å²) in [5.41, 5.74) is 3.99. The summed E-state index contributed by atoms with van der Waals surface area (Å²) in [5.74, 6) is -0.0177. The minimum absolute atomic E-state index is 0. The smallest absolute Gasteiger partial charge is 0.252 e. The van der Waals surface area contributed by atoms with E-state index in [9.17, 15) is 4.79 Å². The van der Waals surface area contributed by atoms with Gasteiger partial charge in [0.25, 0.3) is 5.91 Å². The van der Waals surface area contributed by atoms with E-state index in [-0.39, 0.29) is 36.8 Å². The zero-order valence-corrected chi connectivity index (χ0v) is 15.5. The molecule has 1 aromatic carbocycles. The number of nitrogens with one attached hydrogen (secondary N) is 2. The number of carbonyl (C=O) groups excluding carboxylic acids is 1. The minimum Gasteiger partial charge on any atom is -0.385 e. The van der Waals surface area contributed by atoms with E-state index in [2.05, 4.69) is 15.6 Å². The first-order chi connectivity index (χ1) is 10.1. The van der Waals surface area contributed by atoms with Crippen LogP contribution in [0.3, 0.4) is 0 Å². The van der Waals surface area contributed by atoms with Crippen LogP contribution in [0.15, 0.2) is 23.6 Å². The highest BCUT2D eigenvalue weighted by Gasteiger charge is 2.19. The molecular formula is C16H21Cl2N3OS. The first kappa shape index (κ1) is 19.7. The van der Waals surface area contributed by atoms with Crippen LogP contribution in [-0.2, 0) is 6.42 Å². The normalized spacial score (nSPS) is 13.7. The molecule has 1 atom stereocenters. The van der Waals surface area contributed by atoms with E-state index >= 15 is 0 Å². The summed E-state index contributed by atoms with van der Waals surface area (Å²) in [6, 6.07) is 5.81. The number of hydrogen-bond donors (Lipinski definition) is 2. The largest absolute Gasteiger partial charge is 0.385 e. The van der Waals surface area contributed by atoms with Gasteiger partial charge in [0.1, 0.15) is 5.01 Å². The predicted molar refractivity (Wildman–Crippen MR) is 100 cm³/mol. The number of hydrogen-bond acceptors (Lipinski definition) is 4. The van der Waals surface area contributed by atoms with Gasteiger partial charge in [-0.2, -0.15) is 0 Å². The lowest BCUT2D eigenvalue weighted by Crippen LogP contribution is -2.28. The van der Waals surface area contributed by atoms with Gasteiger partial charge in [-0.25, -0.2) is 4.98 Å².